The van der Waals surface area contributed by atoms with Crippen LogP contribution < -0.4 is 11.3 Å². The summed E-state index contributed by atoms with van der Waals surface area (Å²) in [7, 11) is 0. The third-order valence-electron chi connectivity index (χ3n) is 2.77. The minimum absolute atomic E-state index is 0.222. The van der Waals surface area contributed by atoms with Gasteiger partial charge in [-0.05, 0) is 35.9 Å². The lowest BCUT2D eigenvalue weighted by Crippen LogP contribution is -2.30. The Hall–Kier alpha value is -0.720. The molecule has 20 heavy (non-hydrogen) atoms. The van der Waals surface area contributed by atoms with E-state index in [1.54, 1.807) is 6.07 Å². The first-order chi connectivity index (χ1) is 9.43. The second kappa shape index (κ2) is 6.37. The van der Waals surface area contributed by atoms with Crippen LogP contribution in [0.25, 0.3) is 0 Å². The van der Waals surface area contributed by atoms with E-state index < -0.39 is 17.7 Å². The topological polar surface area (TPSA) is 38.0 Å². The van der Waals surface area contributed by atoms with E-state index in [1.165, 1.54) is 12.1 Å². The highest BCUT2D eigenvalue weighted by Gasteiger charge is 2.23. The Morgan fingerprint density at radius 1 is 1.10 bits per heavy atom. The average molecular weight is 382 g/mol. The molecule has 0 radical (unpaired) electrons. The lowest BCUT2D eigenvalue weighted by atomic mass is 9.98. The summed E-state index contributed by atoms with van der Waals surface area (Å²) in [5.74, 6) is 3.95. The number of nitrogens with two attached hydrogens (primary N) is 1. The first kappa shape index (κ1) is 15.7. The summed E-state index contributed by atoms with van der Waals surface area (Å²) in [5.41, 5.74) is 2.53. The van der Waals surface area contributed by atoms with Gasteiger partial charge in [-0.2, -0.15) is 0 Å². The second-order valence-corrected chi connectivity index (χ2v) is 5.81. The quantitative estimate of drug-likeness (QED) is 0.602. The van der Waals surface area contributed by atoms with Gasteiger partial charge in [-0.25, -0.2) is 14.2 Å². The Kier molecular flexibility index (Phi) is 4.99. The van der Waals surface area contributed by atoms with Crippen molar-refractivity contribution in [2.45, 2.75) is 6.04 Å². The van der Waals surface area contributed by atoms with Gasteiger partial charge in [0.25, 0.3) is 0 Å². The van der Waals surface area contributed by atoms with Crippen molar-refractivity contribution in [1.29, 1.82) is 0 Å². The molecule has 0 saturated heterocycles. The van der Waals surface area contributed by atoms with Crippen molar-refractivity contribution >= 4 is 39.1 Å². The summed E-state index contributed by atoms with van der Waals surface area (Å²) in [6.07, 6.45) is 0. The molecule has 0 fully saturated rings. The van der Waals surface area contributed by atoms with Crippen molar-refractivity contribution in [3.63, 3.8) is 0 Å². The molecule has 7 heteroatoms. The van der Waals surface area contributed by atoms with Crippen LogP contribution in [0, 0.1) is 11.6 Å². The highest BCUT2D eigenvalue weighted by molar-refractivity contribution is 9.10. The van der Waals surface area contributed by atoms with Gasteiger partial charge in [-0.15, -0.1) is 0 Å². The van der Waals surface area contributed by atoms with E-state index in [0.717, 1.165) is 12.1 Å². The third-order valence-corrected chi connectivity index (χ3v) is 3.81. The largest absolute Gasteiger partial charge is 0.271 e. The fraction of sp³-hybridized carbons (Fsp3) is 0.0769. The fourth-order valence-corrected chi connectivity index (χ4v) is 2.70. The standard InChI is InChI=1S/C13H9BrCl2F2N2/c14-6-3-10(17)12(11(18)4-6)13(20-19)8-5-7(15)1-2-9(8)16/h1-5,13,20H,19H2. The molecule has 0 aliphatic carbocycles. The summed E-state index contributed by atoms with van der Waals surface area (Å²) in [4.78, 5) is 0. The van der Waals surface area contributed by atoms with Crippen LogP contribution in [0.15, 0.2) is 34.8 Å². The van der Waals surface area contributed by atoms with Crippen LogP contribution in [0.4, 0.5) is 8.78 Å². The maximum absolute atomic E-state index is 14.0. The molecule has 0 heterocycles. The van der Waals surface area contributed by atoms with Gasteiger partial charge in [0, 0.05) is 20.1 Å². The zero-order chi connectivity index (χ0) is 14.9. The maximum atomic E-state index is 14.0. The maximum Gasteiger partial charge on any atom is 0.132 e. The smallest absolute Gasteiger partial charge is 0.132 e. The van der Waals surface area contributed by atoms with E-state index in [1.807, 2.05) is 0 Å². The Morgan fingerprint density at radius 3 is 2.25 bits per heavy atom. The SMILES string of the molecule is NNC(c1cc(Cl)ccc1Cl)c1c(F)cc(Br)cc1F. The number of nitrogens with one attached hydrogen (secondary N) is 1. The normalized spacial score (nSPS) is 12.5. The fourth-order valence-electron chi connectivity index (χ4n) is 1.89. The van der Waals surface area contributed by atoms with Crippen molar-refractivity contribution in [2.75, 3.05) is 0 Å². The Balaban J connectivity index is 2.61. The predicted molar refractivity (Wildman–Crippen MR) is 79.7 cm³/mol. The lowest BCUT2D eigenvalue weighted by molar-refractivity contribution is 0.509. The van der Waals surface area contributed by atoms with E-state index in [9.17, 15) is 8.78 Å². The molecule has 2 rings (SSSR count). The van der Waals surface area contributed by atoms with Crippen molar-refractivity contribution < 1.29 is 8.78 Å². The molecule has 0 aromatic heterocycles. The minimum atomic E-state index is -0.950. The van der Waals surface area contributed by atoms with Crippen LogP contribution >= 0.6 is 39.1 Å². The van der Waals surface area contributed by atoms with Gasteiger partial charge in [-0.3, -0.25) is 5.84 Å². The Labute approximate surface area is 133 Å². The molecule has 0 saturated carbocycles. The average Bonchev–Trinajstić information content (AvgIpc) is 2.37. The molecule has 3 N–H and O–H groups in total. The van der Waals surface area contributed by atoms with Gasteiger partial charge in [0.05, 0.1) is 6.04 Å². The lowest BCUT2D eigenvalue weighted by Gasteiger charge is -2.20. The molecule has 1 atom stereocenters. The second-order valence-electron chi connectivity index (χ2n) is 4.05. The van der Waals surface area contributed by atoms with Gasteiger partial charge < -0.3 is 0 Å². The molecule has 0 aliphatic rings. The monoisotopic (exact) mass is 380 g/mol. The Morgan fingerprint density at radius 2 is 1.70 bits per heavy atom. The van der Waals surface area contributed by atoms with Gasteiger partial charge in [0.2, 0.25) is 0 Å². The molecule has 0 spiro atoms. The number of rotatable bonds is 3. The number of benzene rings is 2. The summed E-state index contributed by atoms with van der Waals surface area (Å²) < 4.78 is 28.3. The number of hydrogen-bond donors (Lipinski definition) is 2. The van der Waals surface area contributed by atoms with Crippen LogP contribution in [0.2, 0.25) is 10.0 Å². The molecule has 0 amide bonds. The summed E-state index contributed by atoms with van der Waals surface area (Å²) >= 11 is 15.0. The van der Waals surface area contributed by atoms with Gasteiger partial charge >= 0.3 is 0 Å². The number of hydrogen-bond acceptors (Lipinski definition) is 2. The van der Waals surface area contributed by atoms with Crippen LogP contribution in [-0.4, -0.2) is 0 Å². The first-order valence-electron chi connectivity index (χ1n) is 5.49. The molecular weight excluding hydrogens is 373 g/mol. The Bertz CT molecular complexity index is 629. The van der Waals surface area contributed by atoms with E-state index >= 15 is 0 Å². The van der Waals surface area contributed by atoms with E-state index in [4.69, 9.17) is 29.0 Å². The molecule has 0 aliphatic heterocycles. The molecule has 1 unspecified atom stereocenters. The predicted octanol–water partition coefficient (Wildman–Crippen LogP) is 4.59. The van der Waals surface area contributed by atoms with E-state index in [-0.39, 0.29) is 5.56 Å². The highest BCUT2D eigenvalue weighted by atomic mass is 79.9. The molecule has 2 aromatic rings. The zero-order valence-electron chi connectivity index (χ0n) is 9.93. The van der Waals surface area contributed by atoms with Crippen molar-refractivity contribution in [3.8, 4) is 0 Å². The summed E-state index contributed by atoms with van der Waals surface area (Å²) in [6, 6.07) is 5.99. The van der Waals surface area contributed by atoms with E-state index in [2.05, 4.69) is 21.4 Å². The van der Waals surface area contributed by atoms with Gasteiger partial charge in [-0.1, -0.05) is 39.1 Å². The molecule has 106 valence electrons. The highest BCUT2D eigenvalue weighted by Crippen LogP contribution is 2.33. The van der Waals surface area contributed by atoms with Gasteiger partial charge in [0.15, 0.2) is 0 Å². The van der Waals surface area contributed by atoms with Crippen LogP contribution in [-0.2, 0) is 0 Å². The molecule has 0 bridgehead atoms. The van der Waals surface area contributed by atoms with Crippen LogP contribution in [0.3, 0.4) is 0 Å². The zero-order valence-corrected chi connectivity index (χ0v) is 13.0. The number of halogens is 5. The minimum Gasteiger partial charge on any atom is -0.271 e. The van der Waals surface area contributed by atoms with Crippen LogP contribution in [0.5, 0.6) is 0 Å². The van der Waals surface area contributed by atoms with Crippen molar-refractivity contribution in [2.24, 2.45) is 5.84 Å². The van der Waals surface area contributed by atoms with E-state index in [0.29, 0.717) is 20.1 Å². The molecule has 2 aromatic carbocycles. The summed E-state index contributed by atoms with van der Waals surface area (Å²) in [6.45, 7) is 0. The third kappa shape index (κ3) is 3.13. The van der Waals surface area contributed by atoms with Crippen molar-refractivity contribution in [1.82, 2.24) is 5.43 Å². The van der Waals surface area contributed by atoms with Gasteiger partial charge in [0.1, 0.15) is 11.6 Å². The van der Waals surface area contributed by atoms with Crippen molar-refractivity contribution in [3.05, 3.63) is 67.6 Å². The number of hydrazine groups is 1. The first-order valence-corrected chi connectivity index (χ1v) is 7.04. The summed E-state index contributed by atoms with van der Waals surface area (Å²) in [5, 5.41) is 0.696. The van der Waals surface area contributed by atoms with Crippen LogP contribution in [0.1, 0.15) is 17.2 Å². The molecule has 2 nitrogen and oxygen atoms in total. The molecular formula is C13H9BrCl2F2N2.